The van der Waals surface area contributed by atoms with Crippen LogP contribution < -0.4 is 4.90 Å². The molecule has 1 aromatic heterocycles. The monoisotopic (exact) mass is 379 g/mol. The number of hydrogen-bond acceptors (Lipinski definition) is 6. The normalized spacial score (nSPS) is 15.1. The van der Waals surface area contributed by atoms with E-state index in [1.54, 1.807) is 0 Å². The van der Waals surface area contributed by atoms with Crippen LogP contribution in [-0.2, 0) is 22.4 Å². The summed E-state index contributed by atoms with van der Waals surface area (Å²) >= 11 is 0. The second kappa shape index (κ2) is 8.44. The van der Waals surface area contributed by atoms with E-state index in [4.69, 9.17) is 9.26 Å². The second-order valence-corrected chi connectivity index (χ2v) is 7.15. The molecule has 0 spiro atoms. The Morgan fingerprint density at radius 3 is 2.50 bits per heavy atom. The number of carbonyl (C=O) groups is 1. The number of anilines is 1. The van der Waals surface area contributed by atoms with Crippen LogP contribution in [-0.4, -0.2) is 55.9 Å². The van der Waals surface area contributed by atoms with Crippen LogP contribution in [0.25, 0.3) is 11.0 Å². The molecule has 0 aliphatic carbocycles. The van der Waals surface area contributed by atoms with Gasteiger partial charge in [0.05, 0.1) is 18.9 Å². The van der Waals surface area contributed by atoms with Crippen LogP contribution in [0, 0.1) is 0 Å². The summed E-state index contributed by atoms with van der Waals surface area (Å²) in [5.41, 5.74) is 3.12. The summed E-state index contributed by atoms with van der Waals surface area (Å²) in [6, 6.07) is 16.3. The molecule has 6 nitrogen and oxygen atoms in total. The predicted molar refractivity (Wildman–Crippen MR) is 109 cm³/mol. The first-order valence-electron chi connectivity index (χ1n) is 9.69. The van der Waals surface area contributed by atoms with Crippen LogP contribution in [0.3, 0.4) is 0 Å². The van der Waals surface area contributed by atoms with E-state index in [2.05, 4.69) is 33.2 Å². The molecule has 1 aliphatic heterocycles. The van der Waals surface area contributed by atoms with Gasteiger partial charge in [0.25, 0.3) is 0 Å². The zero-order chi connectivity index (χ0) is 19.3. The molecule has 28 heavy (non-hydrogen) atoms. The molecule has 0 amide bonds. The van der Waals surface area contributed by atoms with Crippen molar-refractivity contribution in [3.63, 3.8) is 0 Å². The van der Waals surface area contributed by atoms with Crippen molar-refractivity contribution >= 4 is 22.8 Å². The first-order chi connectivity index (χ1) is 13.7. The molecule has 2 aromatic carbocycles. The average molecular weight is 379 g/mol. The lowest BCUT2D eigenvalue weighted by molar-refractivity contribution is -0.139. The molecule has 3 aromatic rings. The van der Waals surface area contributed by atoms with Crippen molar-refractivity contribution in [1.82, 2.24) is 10.1 Å². The quantitative estimate of drug-likeness (QED) is 0.614. The Morgan fingerprint density at radius 2 is 1.75 bits per heavy atom. The van der Waals surface area contributed by atoms with Gasteiger partial charge in [-0.15, -0.1) is 0 Å². The SMILES string of the molecule is COC(=O)Cc1ccc(CCN2CCN(c3noc4ccccc34)CC2)cc1. The molecular formula is C22H25N3O3. The summed E-state index contributed by atoms with van der Waals surface area (Å²) in [6.07, 6.45) is 1.33. The van der Waals surface area contributed by atoms with Crippen LogP contribution in [0.5, 0.6) is 0 Å². The van der Waals surface area contributed by atoms with E-state index in [1.165, 1.54) is 12.7 Å². The Bertz CT molecular complexity index is 928. The van der Waals surface area contributed by atoms with E-state index in [0.29, 0.717) is 6.42 Å². The summed E-state index contributed by atoms with van der Waals surface area (Å²) in [5, 5.41) is 5.36. The third-order valence-corrected chi connectivity index (χ3v) is 5.35. The minimum absolute atomic E-state index is 0.203. The van der Waals surface area contributed by atoms with Crippen LogP contribution >= 0.6 is 0 Å². The Balaban J connectivity index is 1.27. The minimum atomic E-state index is -0.203. The number of hydrogen-bond donors (Lipinski definition) is 0. The van der Waals surface area contributed by atoms with Gasteiger partial charge in [-0.25, -0.2) is 0 Å². The summed E-state index contributed by atoms with van der Waals surface area (Å²) in [6.45, 7) is 4.97. The maximum Gasteiger partial charge on any atom is 0.309 e. The van der Waals surface area contributed by atoms with Gasteiger partial charge >= 0.3 is 5.97 Å². The van der Waals surface area contributed by atoms with Crippen molar-refractivity contribution < 1.29 is 14.1 Å². The molecule has 0 N–H and O–H groups in total. The largest absolute Gasteiger partial charge is 0.469 e. The van der Waals surface area contributed by atoms with Crippen LogP contribution in [0.4, 0.5) is 5.82 Å². The van der Waals surface area contributed by atoms with E-state index in [9.17, 15) is 4.79 Å². The summed E-state index contributed by atoms with van der Waals surface area (Å²) in [7, 11) is 1.42. The lowest BCUT2D eigenvalue weighted by atomic mass is 10.1. The number of piperazine rings is 1. The lowest BCUT2D eigenvalue weighted by Crippen LogP contribution is -2.47. The van der Waals surface area contributed by atoms with Crippen molar-refractivity contribution in [1.29, 1.82) is 0 Å². The maximum atomic E-state index is 11.3. The number of carbonyl (C=O) groups excluding carboxylic acids is 1. The van der Waals surface area contributed by atoms with Crippen molar-refractivity contribution in [2.75, 3.05) is 44.7 Å². The van der Waals surface area contributed by atoms with Gasteiger partial charge in [-0.05, 0) is 29.7 Å². The molecule has 1 aliphatic rings. The van der Waals surface area contributed by atoms with Gasteiger partial charge in [0.15, 0.2) is 11.4 Å². The molecule has 1 saturated heterocycles. The number of aromatic nitrogens is 1. The first kappa shape index (κ1) is 18.5. The third kappa shape index (κ3) is 4.17. The van der Waals surface area contributed by atoms with Crippen molar-refractivity contribution in [3.05, 3.63) is 59.7 Å². The zero-order valence-electron chi connectivity index (χ0n) is 16.1. The molecule has 0 bridgehead atoms. The average Bonchev–Trinajstić information content (AvgIpc) is 3.18. The van der Waals surface area contributed by atoms with E-state index in [1.807, 2.05) is 30.3 Å². The first-order valence-corrected chi connectivity index (χ1v) is 9.69. The number of benzene rings is 2. The fourth-order valence-corrected chi connectivity index (χ4v) is 3.63. The minimum Gasteiger partial charge on any atom is -0.469 e. The highest BCUT2D eigenvalue weighted by molar-refractivity contribution is 5.88. The summed E-state index contributed by atoms with van der Waals surface area (Å²) < 4.78 is 10.2. The number of ether oxygens (including phenoxy) is 1. The number of esters is 1. The fourth-order valence-electron chi connectivity index (χ4n) is 3.63. The van der Waals surface area contributed by atoms with Crippen LogP contribution in [0.15, 0.2) is 53.1 Å². The second-order valence-electron chi connectivity index (χ2n) is 7.15. The summed E-state index contributed by atoms with van der Waals surface area (Å²) in [5.74, 6) is 0.752. The van der Waals surface area contributed by atoms with Crippen molar-refractivity contribution in [2.45, 2.75) is 12.8 Å². The van der Waals surface area contributed by atoms with Gasteiger partial charge in [0.2, 0.25) is 0 Å². The highest BCUT2D eigenvalue weighted by Gasteiger charge is 2.21. The van der Waals surface area contributed by atoms with E-state index >= 15 is 0 Å². The molecular weight excluding hydrogens is 354 g/mol. The van der Waals surface area contributed by atoms with Gasteiger partial charge in [0.1, 0.15) is 0 Å². The van der Waals surface area contributed by atoms with Gasteiger partial charge < -0.3 is 14.2 Å². The molecule has 0 unspecified atom stereocenters. The van der Waals surface area contributed by atoms with Gasteiger partial charge in [-0.2, -0.15) is 0 Å². The highest BCUT2D eigenvalue weighted by atomic mass is 16.5. The number of methoxy groups -OCH3 is 1. The molecule has 146 valence electrons. The van der Waals surface area contributed by atoms with Crippen molar-refractivity contribution in [2.24, 2.45) is 0 Å². The topological polar surface area (TPSA) is 58.8 Å². The summed E-state index contributed by atoms with van der Waals surface area (Å²) in [4.78, 5) is 16.1. The molecule has 1 fully saturated rings. The molecule has 4 rings (SSSR count). The van der Waals surface area contributed by atoms with Gasteiger partial charge in [-0.1, -0.05) is 41.6 Å². The maximum absolute atomic E-state index is 11.3. The lowest BCUT2D eigenvalue weighted by Gasteiger charge is -2.34. The smallest absolute Gasteiger partial charge is 0.309 e. The number of fused-ring (bicyclic) bond motifs is 1. The van der Waals surface area contributed by atoms with Gasteiger partial charge in [0, 0.05) is 32.7 Å². The Labute approximate surface area is 164 Å². The Morgan fingerprint density at radius 1 is 1.04 bits per heavy atom. The van der Waals surface area contributed by atoms with Gasteiger partial charge in [-0.3, -0.25) is 9.69 Å². The Hall–Kier alpha value is -2.86. The van der Waals surface area contributed by atoms with Crippen molar-refractivity contribution in [3.8, 4) is 0 Å². The Kier molecular flexibility index (Phi) is 5.58. The predicted octanol–water partition coefficient (Wildman–Crippen LogP) is 2.91. The van der Waals surface area contributed by atoms with Crippen LogP contribution in [0.2, 0.25) is 0 Å². The molecule has 0 saturated carbocycles. The molecule has 6 heteroatoms. The zero-order valence-corrected chi connectivity index (χ0v) is 16.1. The fraction of sp³-hybridized carbons (Fsp3) is 0.364. The number of rotatable bonds is 6. The van der Waals surface area contributed by atoms with E-state index < -0.39 is 0 Å². The third-order valence-electron chi connectivity index (χ3n) is 5.35. The standard InChI is InChI=1S/C22H25N3O3/c1-27-21(26)16-18-8-6-17(7-9-18)10-11-24-12-14-25(15-13-24)22-19-4-2-3-5-20(19)28-23-22/h2-9H,10-16H2,1H3. The molecule has 2 heterocycles. The number of nitrogens with zero attached hydrogens (tertiary/aromatic N) is 3. The van der Waals surface area contributed by atoms with E-state index in [0.717, 1.165) is 61.5 Å². The molecule has 0 radical (unpaired) electrons. The highest BCUT2D eigenvalue weighted by Crippen LogP contribution is 2.26. The number of para-hydroxylation sites is 1. The van der Waals surface area contributed by atoms with Crippen LogP contribution in [0.1, 0.15) is 11.1 Å². The molecule has 0 atom stereocenters. The van der Waals surface area contributed by atoms with E-state index in [-0.39, 0.29) is 5.97 Å².